The van der Waals surface area contributed by atoms with Crippen molar-refractivity contribution in [2.45, 2.75) is 99.5 Å². The molecule has 1 N–H and O–H groups in total. The van der Waals surface area contributed by atoms with Crippen LogP contribution in [0.2, 0.25) is 0 Å². The number of halogens is 2. The number of hydrogen-bond acceptors (Lipinski definition) is 5. The normalized spacial score (nSPS) is 17.1. The quantitative estimate of drug-likeness (QED) is 0.346. The number of rotatable bonds is 6. The summed E-state index contributed by atoms with van der Waals surface area (Å²) in [6.07, 6.45) is 8.01. The van der Waals surface area contributed by atoms with E-state index < -0.39 is 6.43 Å². The van der Waals surface area contributed by atoms with Gasteiger partial charge in [-0.05, 0) is 70.6 Å². The molecule has 0 radical (unpaired) electrons. The van der Waals surface area contributed by atoms with Crippen LogP contribution < -0.4 is 5.32 Å². The van der Waals surface area contributed by atoms with Crippen LogP contribution in [0, 0.1) is 12.8 Å². The molecule has 4 rings (SSSR count). The van der Waals surface area contributed by atoms with Crippen molar-refractivity contribution in [3.8, 4) is 11.3 Å². The van der Waals surface area contributed by atoms with E-state index in [1.165, 1.54) is 39.0 Å². The lowest BCUT2D eigenvalue weighted by atomic mass is 9.85. The summed E-state index contributed by atoms with van der Waals surface area (Å²) in [7, 11) is 0. The summed E-state index contributed by atoms with van der Waals surface area (Å²) < 4.78 is 23.4. The Kier molecular flexibility index (Phi) is 11.9. The van der Waals surface area contributed by atoms with Crippen molar-refractivity contribution >= 4 is 22.9 Å². The highest BCUT2D eigenvalue weighted by Gasteiger charge is 2.20. The fraction of sp³-hybridized carbons (Fsp3) is 0.571. The molecule has 0 aliphatic heterocycles. The Bertz CT molecular complexity index is 1100. The molecule has 0 saturated heterocycles. The van der Waals surface area contributed by atoms with Crippen LogP contribution in [0.25, 0.3) is 16.8 Å². The van der Waals surface area contributed by atoms with Crippen LogP contribution in [0.5, 0.6) is 0 Å². The molecule has 8 heteroatoms. The monoisotopic (exact) mass is 500 g/mol. The van der Waals surface area contributed by atoms with Gasteiger partial charge in [0.15, 0.2) is 0 Å². The summed E-state index contributed by atoms with van der Waals surface area (Å²) in [5.74, 6) is 1.59. The number of fused-ring (bicyclic) bond motifs is 1. The van der Waals surface area contributed by atoms with Gasteiger partial charge in [-0.25, -0.2) is 18.3 Å². The highest BCUT2D eigenvalue weighted by molar-refractivity contribution is 5.83. The molecule has 0 amide bonds. The van der Waals surface area contributed by atoms with Crippen LogP contribution in [-0.2, 0) is 0 Å². The molecule has 1 fully saturated rings. The Morgan fingerprint density at radius 1 is 1.11 bits per heavy atom. The van der Waals surface area contributed by atoms with Crippen LogP contribution in [0.15, 0.2) is 35.6 Å². The zero-order chi connectivity index (χ0) is 26.7. The predicted octanol–water partition coefficient (Wildman–Crippen LogP) is 8.28. The molecule has 1 aliphatic carbocycles. The third-order valence-corrected chi connectivity index (χ3v) is 6.16. The number of anilines is 1. The Morgan fingerprint density at radius 2 is 1.78 bits per heavy atom. The minimum atomic E-state index is -2.12. The fourth-order valence-corrected chi connectivity index (χ4v) is 4.14. The second kappa shape index (κ2) is 14.6. The summed E-state index contributed by atoms with van der Waals surface area (Å²) in [5.41, 5.74) is 5.77. The van der Waals surface area contributed by atoms with E-state index in [0.29, 0.717) is 12.0 Å². The first kappa shape index (κ1) is 29.3. The Labute approximate surface area is 214 Å². The number of pyridine rings is 1. The third kappa shape index (κ3) is 8.35. The van der Waals surface area contributed by atoms with Crippen molar-refractivity contribution in [2.75, 3.05) is 5.32 Å². The minimum absolute atomic E-state index is 0.0278. The molecule has 36 heavy (non-hydrogen) atoms. The highest BCUT2D eigenvalue weighted by Crippen LogP contribution is 2.29. The van der Waals surface area contributed by atoms with Crippen LogP contribution in [-0.4, -0.2) is 37.8 Å². The van der Waals surface area contributed by atoms with Crippen molar-refractivity contribution in [3.63, 3.8) is 0 Å². The largest absolute Gasteiger partial charge is 0.350 e. The Hall–Kier alpha value is -2.90. The average molecular weight is 501 g/mol. The SMILES string of the molecule is CC.CCC(F)F.CCC1CCC(Nc2ncc3c(-c4ccc(N=C(C)C)c(C)n4)ccn3n2)CC1. The van der Waals surface area contributed by atoms with Crippen molar-refractivity contribution in [1.29, 1.82) is 0 Å². The number of hydrogen-bond donors (Lipinski definition) is 1. The van der Waals surface area contributed by atoms with E-state index in [0.717, 1.165) is 39.8 Å². The first-order valence-electron chi connectivity index (χ1n) is 13.2. The lowest BCUT2D eigenvalue weighted by molar-refractivity contribution is 0.144. The Balaban J connectivity index is 0.000000583. The topological polar surface area (TPSA) is 67.5 Å². The van der Waals surface area contributed by atoms with Gasteiger partial charge >= 0.3 is 0 Å². The molecular weight excluding hydrogens is 458 g/mol. The van der Waals surface area contributed by atoms with Crippen molar-refractivity contribution in [3.05, 3.63) is 36.3 Å². The van der Waals surface area contributed by atoms with Gasteiger partial charge in [0.05, 0.1) is 28.8 Å². The third-order valence-electron chi connectivity index (χ3n) is 6.16. The summed E-state index contributed by atoms with van der Waals surface area (Å²) in [6.45, 7) is 13.7. The van der Waals surface area contributed by atoms with Gasteiger partial charge in [0, 0.05) is 29.9 Å². The van der Waals surface area contributed by atoms with Gasteiger partial charge < -0.3 is 5.32 Å². The molecule has 6 nitrogen and oxygen atoms in total. The molecule has 3 aromatic rings. The van der Waals surface area contributed by atoms with E-state index in [2.05, 4.69) is 33.4 Å². The maximum Gasteiger partial charge on any atom is 0.241 e. The van der Waals surface area contributed by atoms with Gasteiger partial charge in [-0.1, -0.05) is 34.1 Å². The van der Waals surface area contributed by atoms with Gasteiger partial charge in [-0.15, -0.1) is 5.10 Å². The first-order valence-corrected chi connectivity index (χ1v) is 13.2. The summed E-state index contributed by atoms with van der Waals surface area (Å²) in [6, 6.07) is 6.57. The second-order valence-electron chi connectivity index (χ2n) is 9.07. The van der Waals surface area contributed by atoms with E-state index >= 15 is 0 Å². The van der Waals surface area contributed by atoms with Gasteiger partial charge in [0.25, 0.3) is 0 Å². The molecule has 3 heterocycles. The minimum Gasteiger partial charge on any atom is -0.350 e. The number of aryl methyl sites for hydroxylation is 1. The van der Waals surface area contributed by atoms with Crippen LogP contribution in [0.4, 0.5) is 20.4 Å². The molecule has 0 unspecified atom stereocenters. The zero-order valence-corrected chi connectivity index (χ0v) is 22.9. The van der Waals surface area contributed by atoms with Crippen LogP contribution in [0.1, 0.15) is 85.8 Å². The molecule has 1 aliphatic rings. The van der Waals surface area contributed by atoms with E-state index in [9.17, 15) is 8.78 Å². The maximum atomic E-state index is 10.8. The highest BCUT2D eigenvalue weighted by atomic mass is 19.3. The van der Waals surface area contributed by atoms with Crippen molar-refractivity contribution in [1.82, 2.24) is 19.6 Å². The fourth-order valence-electron chi connectivity index (χ4n) is 4.14. The van der Waals surface area contributed by atoms with E-state index in [1.54, 1.807) is 0 Å². The first-order chi connectivity index (χ1) is 17.3. The number of alkyl halides is 2. The molecular formula is C28H42F2N6. The molecule has 198 valence electrons. The standard InChI is InChI=1S/C23H30N6.C3H6F2.C2H6/c1-5-17-6-8-18(9-7-17)27-23-24-14-22-19(12-13-29(22)28-23)21-11-10-20(16(4)26-21)25-15(2)3;1-2-3(4)5;1-2/h10-14,17-18H,5-9H2,1-4H3,(H,27,28);3H,2H2,1H3;1-2H3. The smallest absolute Gasteiger partial charge is 0.241 e. The van der Waals surface area contributed by atoms with Crippen molar-refractivity contribution < 1.29 is 8.78 Å². The van der Waals surface area contributed by atoms with E-state index in [4.69, 9.17) is 4.98 Å². The summed E-state index contributed by atoms with van der Waals surface area (Å²) >= 11 is 0. The van der Waals surface area contributed by atoms with Gasteiger partial charge in [-0.3, -0.25) is 9.98 Å². The van der Waals surface area contributed by atoms with Crippen LogP contribution in [0.3, 0.4) is 0 Å². The summed E-state index contributed by atoms with van der Waals surface area (Å²) in [4.78, 5) is 13.9. The summed E-state index contributed by atoms with van der Waals surface area (Å²) in [5, 5.41) is 8.21. The maximum absolute atomic E-state index is 10.8. The molecule has 0 aromatic carbocycles. The van der Waals surface area contributed by atoms with Gasteiger partial charge in [0.2, 0.25) is 12.4 Å². The molecule has 1 saturated carbocycles. The van der Waals surface area contributed by atoms with E-state index in [1.807, 2.05) is 63.7 Å². The van der Waals surface area contributed by atoms with Crippen LogP contribution >= 0.6 is 0 Å². The van der Waals surface area contributed by atoms with Crippen molar-refractivity contribution in [2.24, 2.45) is 10.9 Å². The average Bonchev–Trinajstić information content (AvgIpc) is 3.30. The second-order valence-corrected chi connectivity index (χ2v) is 9.07. The number of aliphatic imine (C=N–C) groups is 1. The Morgan fingerprint density at radius 3 is 2.33 bits per heavy atom. The predicted molar refractivity (Wildman–Crippen MR) is 147 cm³/mol. The van der Waals surface area contributed by atoms with Gasteiger partial charge in [0.1, 0.15) is 0 Å². The number of nitrogens with zero attached hydrogens (tertiary/aromatic N) is 5. The van der Waals surface area contributed by atoms with E-state index in [-0.39, 0.29) is 6.42 Å². The zero-order valence-electron chi connectivity index (χ0n) is 22.9. The lowest BCUT2D eigenvalue weighted by Crippen LogP contribution is -2.27. The molecule has 0 bridgehead atoms. The molecule has 0 atom stereocenters. The number of aromatic nitrogens is 4. The van der Waals surface area contributed by atoms with Gasteiger partial charge in [-0.2, -0.15) is 0 Å². The number of nitrogens with one attached hydrogen (secondary N) is 1. The lowest BCUT2D eigenvalue weighted by Gasteiger charge is -2.28. The molecule has 0 spiro atoms. The molecule has 3 aromatic heterocycles.